The van der Waals surface area contributed by atoms with Crippen LogP contribution in [0.5, 0.6) is 5.75 Å². The van der Waals surface area contributed by atoms with Crippen molar-refractivity contribution in [3.8, 4) is 17.3 Å². The summed E-state index contributed by atoms with van der Waals surface area (Å²) >= 11 is 0. The molecule has 1 aliphatic rings. The number of likely N-dealkylation sites (tertiary alicyclic amines) is 1. The summed E-state index contributed by atoms with van der Waals surface area (Å²) in [5.74, 6) is -0.423. The molecule has 4 heterocycles. The van der Waals surface area contributed by atoms with E-state index >= 15 is 0 Å². The molecule has 1 fully saturated rings. The second-order valence-corrected chi connectivity index (χ2v) is 9.78. The zero-order valence-electron chi connectivity index (χ0n) is 21.2. The van der Waals surface area contributed by atoms with Gasteiger partial charge in [-0.2, -0.15) is 0 Å². The first-order chi connectivity index (χ1) is 17.8. The average molecular weight is 507 g/mol. The number of aromatic nitrogens is 4. The van der Waals surface area contributed by atoms with Crippen molar-refractivity contribution in [3.05, 3.63) is 54.0 Å². The molecule has 0 radical (unpaired) electrons. The number of fused-ring (bicyclic) bond motifs is 2. The van der Waals surface area contributed by atoms with Crippen LogP contribution in [0.4, 0.5) is 4.39 Å². The van der Waals surface area contributed by atoms with Gasteiger partial charge in [0.05, 0.1) is 11.4 Å². The highest BCUT2D eigenvalue weighted by molar-refractivity contribution is 5.82. The molecular weight excluding hydrogens is 475 g/mol. The van der Waals surface area contributed by atoms with Crippen molar-refractivity contribution < 1.29 is 18.7 Å². The number of nitrogens with two attached hydrogens (primary N) is 1. The lowest BCUT2D eigenvalue weighted by atomic mass is 10.1. The topological polar surface area (TPSA) is 108 Å². The summed E-state index contributed by atoms with van der Waals surface area (Å²) < 4.78 is 27.2. The van der Waals surface area contributed by atoms with Crippen molar-refractivity contribution in [1.82, 2.24) is 24.5 Å². The maximum atomic E-state index is 14.6. The number of esters is 1. The first-order valence-electron chi connectivity index (χ1n) is 12.5. The number of hydrogen-bond acceptors (Lipinski definition) is 8. The molecule has 1 saturated heterocycles. The number of halogens is 1. The number of nitrogens with zero attached hydrogens (tertiary/aromatic N) is 5. The zero-order valence-corrected chi connectivity index (χ0v) is 21.2. The van der Waals surface area contributed by atoms with E-state index in [2.05, 4.69) is 28.1 Å². The molecule has 5 rings (SSSR count). The molecule has 0 amide bonds. The van der Waals surface area contributed by atoms with E-state index in [0.29, 0.717) is 28.1 Å². The first kappa shape index (κ1) is 25.0. The average Bonchev–Trinajstić information content (AvgIpc) is 3.51. The van der Waals surface area contributed by atoms with E-state index in [-0.39, 0.29) is 42.9 Å². The number of rotatable bonds is 8. The molecule has 4 aromatic rings. The minimum absolute atomic E-state index is 0.0395. The van der Waals surface area contributed by atoms with Crippen molar-refractivity contribution in [2.45, 2.75) is 39.3 Å². The molecule has 9 nitrogen and oxygen atoms in total. The van der Waals surface area contributed by atoms with Crippen LogP contribution in [0.3, 0.4) is 0 Å². The molecule has 1 aliphatic heterocycles. The fraction of sp³-hybridized carbons (Fsp3) is 0.407. The molecule has 0 unspecified atom stereocenters. The van der Waals surface area contributed by atoms with E-state index in [4.69, 9.17) is 20.2 Å². The molecule has 1 aromatic carbocycles. The monoisotopic (exact) mass is 506 g/mol. The van der Waals surface area contributed by atoms with E-state index in [0.717, 1.165) is 25.1 Å². The number of ether oxygens (including phenoxy) is 2. The summed E-state index contributed by atoms with van der Waals surface area (Å²) in [6.07, 6.45) is 3.05. The van der Waals surface area contributed by atoms with Crippen LogP contribution in [-0.4, -0.2) is 62.8 Å². The van der Waals surface area contributed by atoms with E-state index in [1.165, 1.54) is 6.07 Å². The summed E-state index contributed by atoms with van der Waals surface area (Å²) in [6.45, 7) is 7.61. The number of benzene rings is 1. The molecule has 0 spiro atoms. The van der Waals surface area contributed by atoms with Crippen LogP contribution in [0, 0.1) is 11.7 Å². The second-order valence-electron chi connectivity index (χ2n) is 9.78. The Morgan fingerprint density at radius 1 is 1.16 bits per heavy atom. The lowest BCUT2D eigenvalue weighted by molar-refractivity contribution is -0.148. The smallest absolute Gasteiger partial charge is 0.308 e. The van der Waals surface area contributed by atoms with Crippen molar-refractivity contribution in [3.63, 3.8) is 0 Å². The van der Waals surface area contributed by atoms with Crippen LogP contribution in [-0.2, 0) is 9.53 Å². The van der Waals surface area contributed by atoms with Gasteiger partial charge < -0.3 is 15.2 Å². The van der Waals surface area contributed by atoms with Crippen LogP contribution >= 0.6 is 0 Å². The van der Waals surface area contributed by atoms with Gasteiger partial charge in [-0.1, -0.05) is 26.0 Å². The minimum Gasteiger partial charge on any atom is -0.487 e. The first-order valence-corrected chi connectivity index (χ1v) is 12.5. The predicted octanol–water partition coefficient (Wildman–Crippen LogP) is 3.76. The molecule has 10 heteroatoms. The van der Waals surface area contributed by atoms with Crippen LogP contribution < -0.4 is 10.5 Å². The molecule has 2 atom stereocenters. The van der Waals surface area contributed by atoms with Gasteiger partial charge in [-0.3, -0.25) is 14.1 Å². The second kappa shape index (κ2) is 10.4. The Labute approximate surface area is 214 Å². The Morgan fingerprint density at radius 2 is 2.00 bits per heavy atom. The normalized spacial score (nSPS) is 17.1. The lowest BCUT2D eigenvalue weighted by Crippen LogP contribution is -2.28. The van der Waals surface area contributed by atoms with Gasteiger partial charge in [0.2, 0.25) is 0 Å². The van der Waals surface area contributed by atoms with E-state index in [9.17, 15) is 9.18 Å². The highest BCUT2D eigenvalue weighted by atomic mass is 19.1. The van der Waals surface area contributed by atoms with Gasteiger partial charge in [0.25, 0.3) is 0 Å². The molecule has 3 aromatic heterocycles. The van der Waals surface area contributed by atoms with Crippen molar-refractivity contribution >= 4 is 22.5 Å². The highest BCUT2D eigenvalue weighted by Crippen LogP contribution is 2.28. The number of carbonyl (C=O) groups is 1. The molecule has 0 saturated carbocycles. The van der Waals surface area contributed by atoms with Crippen molar-refractivity contribution in [2.75, 3.05) is 26.3 Å². The Balaban J connectivity index is 1.40. The van der Waals surface area contributed by atoms with Gasteiger partial charge >= 0.3 is 5.97 Å². The SMILES string of the molecule is CC(C)C(=O)OCCOc1cc2nc(-c3nnc4ccc([C@H](C)N5CC[C@H](N)C5)cn34)ccc2cc1F. The van der Waals surface area contributed by atoms with Crippen molar-refractivity contribution in [1.29, 1.82) is 0 Å². The van der Waals surface area contributed by atoms with Gasteiger partial charge in [0.15, 0.2) is 23.0 Å². The molecule has 194 valence electrons. The van der Waals surface area contributed by atoms with Crippen molar-refractivity contribution in [2.24, 2.45) is 11.7 Å². The summed E-state index contributed by atoms with van der Waals surface area (Å²) in [7, 11) is 0. The maximum Gasteiger partial charge on any atom is 0.308 e. The Bertz CT molecular complexity index is 1440. The maximum absolute atomic E-state index is 14.6. The summed E-state index contributed by atoms with van der Waals surface area (Å²) in [4.78, 5) is 18.7. The fourth-order valence-corrected chi connectivity index (χ4v) is 4.53. The standard InChI is InChI=1S/C27H31FN6O3/c1-16(2)27(35)37-11-10-36-24-13-23-18(12-21(24)28)4-6-22(30-23)26-32-31-25-7-5-19(14-34(25)26)17(3)33-9-8-20(29)15-33/h4-7,12-14,16-17,20H,8-11,15,29H2,1-3H3/t17-,20-/m0/s1. The summed E-state index contributed by atoms with van der Waals surface area (Å²) in [5, 5.41) is 9.32. The molecule has 37 heavy (non-hydrogen) atoms. The van der Waals surface area contributed by atoms with Gasteiger partial charge in [-0.15, -0.1) is 10.2 Å². The third-order valence-electron chi connectivity index (χ3n) is 6.74. The molecule has 0 bridgehead atoms. The van der Waals surface area contributed by atoms with Gasteiger partial charge in [0.1, 0.15) is 18.9 Å². The van der Waals surface area contributed by atoms with E-state index in [1.54, 1.807) is 32.0 Å². The van der Waals surface area contributed by atoms with Gasteiger partial charge in [-0.25, -0.2) is 9.37 Å². The van der Waals surface area contributed by atoms with Crippen LogP contribution in [0.25, 0.3) is 28.1 Å². The number of carbonyl (C=O) groups excluding carboxylic acids is 1. The van der Waals surface area contributed by atoms with E-state index in [1.807, 2.05) is 16.7 Å². The van der Waals surface area contributed by atoms with Crippen LogP contribution in [0.2, 0.25) is 0 Å². The lowest BCUT2D eigenvalue weighted by Gasteiger charge is -2.24. The van der Waals surface area contributed by atoms with Gasteiger partial charge in [0, 0.05) is 42.8 Å². The molecule has 0 aliphatic carbocycles. The van der Waals surface area contributed by atoms with Crippen LogP contribution in [0.1, 0.15) is 38.8 Å². The van der Waals surface area contributed by atoms with Gasteiger partial charge in [-0.05, 0) is 37.1 Å². The third-order valence-corrected chi connectivity index (χ3v) is 6.74. The fourth-order valence-electron chi connectivity index (χ4n) is 4.53. The zero-order chi connectivity index (χ0) is 26.1. The number of pyridine rings is 2. The Hall–Kier alpha value is -3.63. The van der Waals surface area contributed by atoms with E-state index < -0.39 is 5.82 Å². The van der Waals surface area contributed by atoms with Crippen LogP contribution in [0.15, 0.2) is 42.6 Å². The summed E-state index contributed by atoms with van der Waals surface area (Å²) in [5.41, 5.74) is 9.12. The minimum atomic E-state index is -0.509. The number of hydrogen-bond donors (Lipinski definition) is 1. The molecular formula is C27H31FN6O3. The highest BCUT2D eigenvalue weighted by Gasteiger charge is 2.25. The quantitative estimate of drug-likeness (QED) is 0.284. The third kappa shape index (κ3) is 5.26. The summed E-state index contributed by atoms with van der Waals surface area (Å²) in [6, 6.07) is 11.0. The molecule has 2 N–H and O–H groups in total. The Morgan fingerprint density at radius 3 is 2.76 bits per heavy atom. The Kier molecular flexibility index (Phi) is 7.03. The largest absolute Gasteiger partial charge is 0.487 e. The predicted molar refractivity (Wildman–Crippen MR) is 138 cm³/mol.